The van der Waals surface area contributed by atoms with Crippen LogP contribution < -0.4 is 0 Å². The van der Waals surface area contributed by atoms with Crippen molar-refractivity contribution < 1.29 is 4.42 Å². The van der Waals surface area contributed by atoms with Gasteiger partial charge in [0, 0.05) is 43.8 Å². The van der Waals surface area contributed by atoms with Crippen molar-refractivity contribution in [3.05, 3.63) is 230 Å². The molecule has 0 aliphatic carbocycles. The highest BCUT2D eigenvalue weighted by molar-refractivity contribution is 6.15. The zero-order valence-electron chi connectivity index (χ0n) is 39.8. The molecule has 0 spiro atoms. The summed E-state index contributed by atoms with van der Waals surface area (Å²) in [5.41, 5.74) is 13.3. The molecule has 0 saturated heterocycles. The van der Waals surface area contributed by atoms with Gasteiger partial charge in [0.25, 0.3) is 5.89 Å². The van der Waals surface area contributed by atoms with Gasteiger partial charge in [0.05, 0.1) is 44.8 Å². The molecule has 7 aromatic carbocycles. The van der Waals surface area contributed by atoms with E-state index in [4.69, 9.17) is 39.5 Å². The molecule has 5 aromatic heterocycles. The van der Waals surface area contributed by atoms with E-state index in [1.54, 1.807) is 0 Å². The molecule has 9 heteroatoms. The summed E-state index contributed by atoms with van der Waals surface area (Å²) in [6.07, 6.45) is 10.3. The predicted octanol–water partition coefficient (Wildman–Crippen LogP) is 15.7. The fraction of sp³-hybridized carbons (Fsp3) is 0.0312. The van der Waals surface area contributed by atoms with Gasteiger partial charge in [-0.1, -0.05) is 200 Å². The van der Waals surface area contributed by atoms with Crippen LogP contribution in [0.5, 0.6) is 0 Å². The third-order valence-corrected chi connectivity index (χ3v) is 13.0. The largest absolute Gasteiger partial charge is 0.414 e. The number of benzene rings is 7. The maximum atomic E-state index is 11.2. The maximum absolute atomic E-state index is 11.2. The summed E-state index contributed by atoms with van der Waals surface area (Å²) >= 11 is 0. The van der Waals surface area contributed by atoms with Crippen LogP contribution in [-0.4, -0.2) is 35.1 Å². The third-order valence-electron chi connectivity index (χ3n) is 13.0. The number of allylic oxidation sites excluding steroid dienone is 6. The van der Waals surface area contributed by atoms with Crippen LogP contribution in [-0.2, 0) is 0 Å². The van der Waals surface area contributed by atoms with E-state index in [2.05, 4.69) is 72.8 Å². The Morgan fingerprint density at radius 3 is 1.62 bits per heavy atom. The number of hydrogen-bond acceptors (Lipinski definition) is 9. The Labute approximate surface area is 420 Å². The molecule has 12 rings (SSSR count). The number of hydrogen-bond donors (Lipinski definition) is 0. The highest BCUT2D eigenvalue weighted by Gasteiger charge is 2.27. The highest BCUT2D eigenvalue weighted by Crippen LogP contribution is 2.43. The Bertz CT molecular complexity index is 4200. The van der Waals surface area contributed by atoms with Crippen LogP contribution in [0.15, 0.2) is 223 Å². The van der Waals surface area contributed by atoms with Gasteiger partial charge in [0.1, 0.15) is 17.3 Å². The Morgan fingerprint density at radius 1 is 0.466 bits per heavy atom. The van der Waals surface area contributed by atoms with Crippen LogP contribution in [0.2, 0.25) is 0 Å². The van der Waals surface area contributed by atoms with Crippen LogP contribution in [0.25, 0.3) is 129 Å². The second kappa shape index (κ2) is 19.0. The van der Waals surface area contributed by atoms with Gasteiger partial charge in [-0.15, -0.1) is 10.2 Å². The standard InChI is InChI=1S/C64H42N8O/c1-3-5-11-22-40(4-2)50-37-53(42-25-14-7-15-26-42)67-58-46(50)34-36-49-60(58)69-62(45-31-20-10-21-32-45)70-61(49)64-72-71-63(73-64)55-48-35-33-47-51(41-23-12-6-13-24-41)38-54(43-27-16-8-17-28-43)66-57(47)59(48)68-56(52(55)39-65)44-29-18-9-19-30-44/h3-38H,1-2H3/b5-3-,22-11-,40-4+. The van der Waals surface area contributed by atoms with Crippen molar-refractivity contribution in [3.8, 4) is 85.4 Å². The number of fused-ring (bicyclic) bond motifs is 6. The molecule has 0 saturated carbocycles. The smallest absolute Gasteiger partial charge is 0.267 e. The molecule has 73 heavy (non-hydrogen) atoms. The molecular weight excluding hydrogens is 897 g/mol. The monoisotopic (exact) mass is 938 g/mol. The van der Waals surface area contributed by atoms with Gasteiger partial charge in [-0.2, -0.15) is 5.26 Å². The van der Waals surface area contributed by atoms with E-state index in [0.717, 1.165) is 66.7 Å². The lowest BCUT2D eigenvalue weighted by Gasteiger charge is -2.15. The molecule has 0 N–H and O–H groups in total. The SMILES string of the molecule is C\C=C/C=C\C(=C/C)c1cc(-c2ccccc2)nc2c1ccc1c(-c3nnc(-c4c(C#N)c(-c5ccccc5)nc5c4ccc4c(-c6ccccc6)cc(-c6ccccc6)nc45)o3)nc(-c3ccccc3)nc12. The lowest BCUT2D eigenvalue weighted by atomic mass is 9.93. The van der Waals surface area contributed by atoms with Crippen LogP contribution in [0.1, 0.15) is 25.0 Å². The van der Waals surface area contributed by atoms with Gasteiger partial charge >= 0.3 is 0 Å². The number of nitriles is 1. The molecule has 9 nitrogen and oxygen atoms in total. The third kappa shape index (κ3) is 8.09. The molecule has 0 aliphatic heterocycles. The van der Waals surface area contributed by atoms with Gasteiger partial charge in [-0.3, -0.25) is 0 Å². The lowest BCUT2D eigenvalue weighted by Crippen LogP contribution is -1.99. The van der Waals surface area contributed by atoms with E-state index in [-0.39, 0.29) is 17.3 Å². The minimum atomic E-state index is 0.129. The van der Waals surface area contributed by atoms with Gasteiger partial charge in [-0.25, -0.2) is 24.9 Å². The summed E-state index contributed by atoms with van der Waals surface area (Å²) in [4.78, 5) is 26.6. The Kier molecular flexibility index (Phi) is 11.5. The fourth-order valence-electron chi connectivity index (χ4n) is 9.55. The van der Waals surface area contributed by atoms with Gasteiger partial charge in [0.2, 0.25) is 5.89 Å². The zero-order chi connectivity index (χ0) is 49.3. The van der Waals surface area contributed by atoms with E-state index < -0.39 is 0 Å². The summed E-state index contributed by atoms with van der Waals surface area (Å²) in [6, 6.07) is 65.0. The van der Waals surface area contributed by atoms with Crippen LogP contribution >= 0.6 is 0 Å². The normalized spacial score (nSPS) is 11.9. The molecule has 0 fully saturated rings. The van der Waals surface area contributed by atoms with Crippen molar-refractivity contribution in [2.45, 2.75) is 13.8 Å². The molecule has 0 bridgehead atoms. The summed E-state index contributed by atoms with van der Waals surface area (Å²) in [5, 5.41) is 23.9. The number of pyridine rings is 3. The van der Waals surface area contributed by atoms with E-state index in [1.807, 2.05) is 166 Å². The van der Waals surface area contributed by atoms with Gasteiger partial charge < -0.3 is 4.42 Å². The minimum Gasteiger partial charge on any atom is -0.414 e. The van der Waals surface area contributed by atoms with Gasteiger partial charge in [0.15, 0.2) is 5.82 Å². The average Bonchev–Trinajstić information content (AvgIpc) is 3.96. The Hall–Kier alpha value is -10.0. The van der Waals surface area contributed by atoms with Crippen molar-refractivity contribution in [2.75, 3.05) is 0 Å². The van der Waals surface area contributed by atoms with E-state index in [0.29, 0.717) is 55.6 Å². The van der Waals surface area contributed by atoms with Crippen molar-refractivity contribution in [1.82, 2.24) is 35.1 Å². The first-order chi connectivity index (χ1) is 36.1. The fourth-order valence-corrected chi connectivity index (χ4v) is 9.55. The Morgan fingerprint density at radius 2 is 0.986 bits per heavy atom. The first-order valence-corrected chi connectivity index (χ1v) is 24.0. The van der Waals surface area contributed by atoms with Crippen molar-refractivity contribution in [3.63, 3.8) is 0 Å². The highest BCUT2D eigenvalue weighted by atomic mass is 16.4. The molecular formula is C64H42N8O. The molecule has 0 radical (unpaired) electrons. The quantitative estimate of drug-likeness (QED) is 0.0972. The summed E-state index contributed by atoms with van der Waals surface area (Å²) in [5.74, 6) is 0.736. The van der Waals surface area contributed by atoms with E-state index >= 15 is 0 Å². The molecule has 0 atom stereocenters. The van der Waals surface area contributed by atoms with Gasteiger partial charge in [-0.05, 0) is 54.3 Å². The molecule has 0 aliphatic rings. The first-order valence-electron chi connectivity index (χ1n) is 24.0. The van der Waals surface area contributed by atoms with E-state index in [9.17, 15) is 5.26 Å². The summed E-state index contributed by atoms with van der Waals surface area (Å²) in [6.45, 7) is 4.04. The van der Waals surface area contributed by atoms with Crippen LogP contribution in [0.3, 0.4) is 0 Å². The average molecular weight is 939 g/mol. The summed E-state index contributed by atoms with van der Waals surface area (Å²) in [7, 11) is 0. The van der Waals surface area contributed by atoms with E-state index in [1.165, 1.54) is 0 Å². The molecule has 5 heterocycles. The lowest BCUT2D eigenvalue weighted by molar-refractivity contribution is 0.583. The zero-order valence-corrected chi connectivity index (χ0v) is 39.8. The van der Waals surface area contributed by atoms with Crippen molar-refractivity contribution in [1.29, 1.82) is 5.26 Å². The second-order valence-corrected chi connectivity index (χ2v) is 17.4. The number of rotatable bonds is 10. The van der Waals surface area contributed by atoms with Crippen LogP contribution in [0.4, 0.5) is 0 Å². The molecule has 0 amide bonds. The van der Waals surface area contributed by atoms with Crippen LogP contribution in [0, 0.1) is 11.3 Å². The second-order valence-electron chi connectivity index (χ2n) is 17.4. The minimum absolute atomic E-state index is 0.129. The van der Waals surface area contributed by atoms with Crippen molar-refractivity contribution >= 4 is 49.2 Å². The molecule has 12 aromatic rings. The number of aromatic nitrogens is 7. The maximum Gasteiger partial charge on any atom is 0.267 e. The first kappa shape index (κ1) is 44.2. The predicted molar refractivity (Wildman–Crippen MR) is 294 cm³/mol. The molecule has 0 unspecified atom stereocenters. The Balaban J connectivity index is 1.13. The molecule has 344 valence electrons. The number of nitrogens with zero attached hydrogens (tertiary/aromatic N) is 8. The topological polar surface area (TPSA) is 127 Å². The summed E-state index contributed by atoms with van der Waals surface area (Å²) < 4.78 is 6.88. The van der Waals surface area contributed by atoms with Crippen molar-refractivity contribution in [2.24, 2.45) is 0 Å².